The maximum atomic E-state index is 12.9. The third kappa shape index (κ3) is 4.41. The van der Waals surface area contributed by atoms with Crippen molar-refractivity contribution in [2.75, 3.05) is 21.5 Å². The molecule has 9 heteroatoms. The highest BCUT2D eigenvalue weighted by Crippen LogP contribution is 2.32. The number of carbonyl (C=O) groups excluding carboxylic acids is 2. The fraction of sp³-hybridized carbons (Fsp3) is 0.136. The minimum absolute atomic E-state index is 0.0619. The lowest BCUT2D eigenvalue weighted by Gasteiger charge is -2.18. The zero-order valence-electron chi connectivity index (χ0n) is 16.7. The highest BCUT2D eigenvalue weighted by Gasteiger charge is 2.26. The predicted molar refractivity (Wildman–Crippen MR) is 118 cm³/mol. The van der Waals surface area contributed by atoms with Gasteiger partial charge in [0.2, 0.25) is 5.91 Å². The van der Waals surface area contributed by atoms with Gasteiger partial charge in [0, 0.05) is 42.8 Å². The second-order valence-corrected chi connectivity index (χ2v) is 8.78. The lowest BCUT2D eigenvalue weighted by molar-refractivity contribution is -0.114. The van der Waals surface area contributed by atoms with Crippen LogP contribution < -0.4 is 14.9 Å². The number of benzene rings is 2. The van der Waals surface area contributed by atoms with Crippen LogP contribution in [0.5, 0.6) is 0 Å². The van der Waals surface area contributed by atoms with E-state index in [1.807, 2.05) is 6.07 Å². The highest BCUT2D eigenvalue weighted by atomic mass is 32.2. The van der Waals surface area contributed by atoms with Crippen LogP contribution in [-0.4, -0.2) is 31.8 Å². The van der Waals surface area contributed by atoms with Crippen molar-refractivity contribution in [2.24, 2.45) is 0 Å². The summed E-state index contributed by atoms with van der Waals surface area (Å²) in [5.74, 6) is -0.396. The smallest absolute Gasteiger partial charge is 0.261 e. The van der Waals surface area contributed by atoms with Gasteiger partial charge in [-0.05, 0) is 60.5 Å². The van der Waals surface area contributed by atoms with Gasteiger partial charge in [-0.3, -0.25) is 19.3 Å². The lowest BCUT2D eigenvalue weighted by Crippen LogP contribution is -2.28. The number of nitrogens with one attached hydrogen (secondary N) is 2. The van der Waals surface area contributed by atoms with Crippen LogP contribution in [0, 0.1) is 0 Å². The van der Waals surface area contributed by atoms with Crippen LogP contribution in [0.25, 0.3) is 0 Å². The summed E-state index contributed by atoms with van der Waals surface area (Å²) >= 11 is 0. The normalized spacial score (nSPS) is 12.9. The minimum atomic E-state index is -3.84. The molecule has 0 saturated heterocycles. The first-order valence-electron chi connectivity index (χ1n) is 9.59. The number of aromatic nitrogens is 1. The molecular weight excluding hydrogens is 416 g/mol. The summed E-state index contributed by atoms with van der Waals surface area (Å²) in [6.45, 7) is 1.90. The van der Waals surface area contributed by atoms with Crippen molar-refractivity contribution in [3.8, 4) is 0 Å². The van der Waals surface area contributed by atoms with Gasteiger partial charge < -0.3 is 10.2 Å². The van der Waals surface area contributed by atoms with Gasteiger partial charge in [-0.1, -0.05) is 6.07 Å². The topological polar surface area (TPSA) is 108 Å². The van der Waals surface area contributed by atoms with E-state index in [9.17, 15) is 18.0 Å². The van der Waals surface area contributed by atoms with Gasteiger partial charge in [0.25, 0.3) is 15.9 Å². The maximum absolute atomic E-state index is 12.9. The van der Waals surface area contributed by atoms with E-state index in [0.29, 0.717) is 35.6 Å². The molecule has 1 aliphatic rings. The van der Waals surface area contributed by atoms with Crippen LogP contribution >= 0.6 is 0 Å². The Balaban J connectivity index is 1.56. The molecule has 0 bridgehead atoms. The molecule has 0 radical (unpaired) electrons. The summed E-state index contributed by atoms with van der Waals surface area (Å²) in [6, 6.07) is 14.4. The van der Waals surface area contributed by atoms with Gasteiger partial charge in [-0.2, -0.15) is 0 Å². The Morgan fingerprint density at radius 3 is 2.32 bits per heavy atom. The summed E-state index contributed by atoms with van der Waals surface area (Å²) in [5.41, 5.74) is 3.05. The summed E-state index contributed by atoms with van der Waals surface area (Å²) in [6.07, 6.45) is 3.82. The fourth-order valence-electron chi connectivity index (χ4n) is 3.44. The Hall–Kier alpha value is -3.72. The zero-order valence-corrected chi connectivity index (χ0v) is 17.5. The number of hydrogen-bond acceptors (Lipinski definition) is 5. The number of anilines is 3. The lowest BCUT2D eigenvalue weighted by atomic mass is 10.1. The number of fused-ring (bicyclic) bond motifs is 1. The summed E-state index contributed by atoms with van der Waals surface area (Å²) < 4.78 is 28.1. The third-order valence-corrected chi connectivity index (χ3v) is 6.29. The molecule has 0 aliphatic carbocycles. The van der Waals surface area contributed by atoms with Crippen LogP contribution in [0.2, 0.25) is 0 Å². The van der Waals surface area contributed by atoms with Crippen LogP contribution in [-0.2, 0) is 21.2 Å². The van der Waals surface area contributed by atoms with Crippen molar-refractivity contribution in [1.29, 1.82) is 0 Å². The molecule has 2 heterocycles. The molecule has 0 unspecified atom stereocenters. The van der Waals surface area contributed by atoms with E-state index in [-0.39, 0.29) is 16.7 Å². The van der Waals surface area contributed by atoms with Crippen LogP contribution in [0.15, 0.2) is 71.9 Å². The van der Waals surface area contributed by atoms with Crippen LogP contribution in [0.4, 0.5) is 17.1 Å². The first-order valence-corrected chi connectivity index (χ1v) is 11.1. The molecule has 2 aromatic carbocycles. The Labute approximate surface area is 180 Å². The molecule has 158 valence electrons. The van der Waals surface area contributed by atoms with Crippen LogP contribution in [0.1, 0.15) is 22.8 Å². The molecule has 4 rings (SSSR count). The number of sulfonamides is 1. The summed E-state index contributed by atoms with van der Waals surface area (Å²) in [4.78, 5) is 29.6. The van der Waals surface area contributed by atoms with E-state index < -0.39 is 10.0 Å². The molecule has 0 atom stereocenters. The summed E-state index contributed by atoms with van der Waals surface area (Å²) in [5, 5.41) is 2.59. The molecule has 1 aromatic heterocycles. The van der Waals surface area contributed by atoms with Crippen molar-refractivity contribution in [3.05, 3.63) is 78.1 Å². The van der Waals surface area contributed by atoms with Gasteiger partial charge in [-0.15, -0.1) is 0 Å². The first kappa shape index (κ1) is 20.5. The van der Waals surface area contributed by atoms with Gasteiger partial charge in [-0.25, -0.2) is 8.42 Å². The molecule has 0 saturated carbocycles. The second kappa shape index (κ2) is 8.19. The van der Waals surface area contributed by atoms with Crippen molar-refractivity contribution >= 4 is 38.9 Å². The molecule has 1 aliphatic heterocycles. The molecular formula is C22H20N4O4S. The van der Waals surface area contributed by atoms with E-state index in [1.54, 1.807) is 41.6 Å². The number of nitrogens with zero attached hydrogens (tertiary/aromatic N) is 2. The Kier molecular flexibility index (Phi) is 5.43. The van der Waals surface area contributed by atoms with Crippen molar-refractivity contribution < 1.29 is 18.0 Å². The highest BCUT2D eigenvalue weighted by molar-refractivity contribution is 7.92. The molecule has 2 N–H and O–H groups in total. The zero-order chi connectivity index (χ0) is 22.0. The Morgan fingerprint density at radius 1 is 0.968 bits per heavy atom. The number of hydrogen-bond donors (Lipinski definition) is 2. The largest absolute Gasteiger partial charge is 0.326 e. The van der Waals surface area contributed by atoms with E-state index in [4.69, 9.17) is 0 Å². The SMILES string of the molecule is CC(=O)Nc1ccc(S(=O)(=O)Nc2ccc3c(c2)N(C(=O)c2ccncc2)CC3)cc1. The molecule has 2 amide bonds. The molecule has 0 fully saturated rings. The summed E-state index contributed by atoms with van der Waals surface area (Å²) in [7, 11) is -3.84. The van der Waals surface area contributed by atoms with Gasteiger partial charge in [0.15, 0.2) is 0 Å². The number of amides is 2. The molecule has 0 spiro atoms. The monoisotopic (exact) mass is 436 g/mol. The molecule has 31 heavy (non-hydrogen) atoms. The van der Waals surface area contributed by atoms with Gasteiger partial charge in [0.05, 0.1) is 10.6 Å². The van der Waals surface area contributed by atoms with E-state index in [0.717, 1.165) is 5.56 Å². The maximum Gasteiger partial charge on any atom is 0.261 e. The van der Waals surface area contributed by atoms with Crippen molar-refractivity contribution in [2.45, 2.75) is 18.2 Å². The first-order chi connectivity index (χ1) is 14.8. The molecule has 3 aromatic rings. The number of carbonyl (C=O) groups is 2. The standard InChI is InChI=1S/C22H20N4O4S/c1-15(27)24-18-4-6-20(7-5-18)31(29,30)25-19-3-2-16-10-13-26(21(16)14-19)22(28)17-8-11-23-12-9-17/h2-9,11-12,14,25H,10,13H2,1H3,(H,24,27). The van der Waals surface area contributed by atoms with Gasteiger partial charge >= 0.3 is 0 Å². The average molecular weight is 436 g/mol. The van der Waals surface area contributed by atoms with Crippen molar-refractivity contribution in [1.82, 2.24) is 4.98 Å². The average Bonchev–Trinajstić information content (AvgIpc) is 3.17. The fourth-order valence-corrected chi connectivity index (χ4v) is 4.49. The van der Waals surface area contributed by atoms with E-state index in [1.165, 1.54) is 31.2 Å². The number of pyridine rings is 1. The Morgan fingerprint density at radius 2 is 1.65 bits per heavy atom. The van der Waals surface area contributed by atoms with E-state index >= 15 is 0 Å². The van der Waals surface area contributed by atoms with Gasteiger partial charge in [0.1, 0.15) is 0 Å². The number of rotatable bonds is 5. The third-order valence-electron chi connectivity index (χ3n) is 4.89. The quantitative estimate of drug-likeness (QED) is 0.639. The molecule has 8 nitrogen and oxygen atoms in total. The predicted octanol–water partition coefficient (Wildman–Crippen LogP) is 3.04. The second-order valence-electron chi connectivity index (χ2n) is 7.10. The van der Waals surface area contributed by atoms with Crippen molar-refractivity contribution in [3.63, 3.8) is 0 Å². The van der Waals surface area contributed by atoms with Crippen LogP contribution in [0.3, 0.4) is 0 Å². The minimum Gasteiger partial charge on any atom is -0.326 e. The van der Waals surface area contributed by atoms with E-state index in [2.05, 4.69) is 15.0 Å². The Bertz CT molecular complexity index is 1240.